The maximum absolute atomic E-state index is 4.13. The van der Waals surface area contributed by atoms with Gasteiger partial charge in [0.2, 0.25) is 0 Å². The maximum Gasteiger partial charge on any atom is 0.0280 e. The van der Waals surface area contributed by atoms with Crippen LogP contribution >= 0.6 is 0 Å². The van der Waals surface area contributed by atoms with E-state index < -0.39 is 0 Å². The molecule has 1 N–H and O–H groups in total. The van der Waals surface area contributed by atoms with Crippen molar-refractivity contribution in [3.8, 4) is 0 Å². The van der Waals surface area contributed by atoms with Gasteiger partial charge in [-0.1, -0.05) is 54.5 Å². The Morgan fingerprint density at radius 3 is 2.13 bits per heavy atom. The first kappa shape index (κ1) is 14.5. The third-order valence-corrected chi connectivity index (χ3v) is 2.54. The van der Waals surface area contributed by atoms with Crippen LogP contribution in [0.3, 0.4) is 0 Å². The minimum Gasteiger partial charge on any atom is -0.386 e. The van der Waals surface area contributed by atoms with Crippen LogP contribution in [0.1, 0.15) is 60.8 Å². The summed E-state index contributed by atoms with van der Waals surface area (Å²) in [5.41, 5.74) is 1.52. The molecule has 0 bridgehead atoms. The van der Waals surface area contributed by atoms with E-state index in [0.29, 0.717) is 17.4 Å². The van der Waals surface area contributed by atoms with E-state index in [9.17, 15) is 0 Å². The summed E-state index contributed by atoms with van der Waals surface area (Å²) in [6.07, 6.45) is 3.53. The quantitative estimate of drug-likeness (QED) is 0.688. The lowest BCUT2D eigenvalue weighted by atomic mass is 9.90. The molecule has 1 atom stereocenters. The molecule has 0 saturated carbocycles. The Bertz CT molecular complexity index is 186. The zero-order chi connectivity index (χ0) is 12.1. The Hall–Kier alpha value is -0.460. The fourth-order valence-electron chi connectivity index (χ4n) is 1.84. The summed E-state index contributed by atoms with van der Waals surface area (Å²) in [6.45, 7) is 17.7. The second kappa shape index (κ2) is 6.19. The minimum absolute atomic E-state index is 0.331. The molecule has 0 aliphatic carbocycles. The first-order valence-corrected chi connectivity index (χ1v) is 6.20. The van der Waals surface area contributed by atoms with Crippen LogP contribution in [0, 0.1) is 11.3 Å². The van der Waals surface area contributed by atoms with Crippen LogP contribution < -0.4 is 5.32 Å². The standard InChI is InChI=1S/C14H29N/c1-8-9-13(11(2)3)15-12(4)10-14(5,6)7/h11,13,15H,4,8-10H2,1-3,5-7H3. The highest BCUT2D eigenvalue weighted by atomic mass is 14.9. The molecule has 0 radical (unpaired) electrons. The summed E-state index contributed by atoms with van der Waals surface area (Å²) in [5, 5.41) is 3.58. The topological polar surface area (TPSA) is 12.0 Å². The summed E-state index contributed by atoms with van der Waals surface area (Å²) in [7, 11) is 0. The van der Waals surface area contributed by atoms with Crippen LogP contribution in [0.15, 0.2) is 12.3 Å². The van der Waals surface area contributed by atoms with E-state index in [1.807, 2.05) is 0 Å². The zero-order valence-electron chi connectivity index (χ0n) is 11.5. The highest BCUT2D eigenvalue weighted by Gasteiger charge is 2.16. The Labute approximate surface area is 96.3 Å². The highest BCUT2D eigenvalue weighted by molar-refractivity contribution is 4.97. The second-order valence-corrected chi connectivity index (χ2v) is 6.12. The Kier molecular flexibility index (Phi) is 6.00. The zero-order valence-corrected chi connectivity index (χ0v) is 11.5. The molecule has 1 nitrogen and oxygen atoms in total. The van der Waals surface area contributed by atoms with Crippen molar-refractivity contribution in [2.45, 2.75) is 66.8 Å². The lowest BCUT2D eigenvalue weighted by Gasteiger charge is -2.27. The van der Waals surface area contributed by atoms with Crippen molar-refractivity contribution in [1.29, 1.82) is 0 Å². The number of hydrogen-bond acceptors (Lipinski definition) is 1. The van der Waals surface area contributed by atoms with Crippen molar-refractivity contribution in [1.82, 2.24) is 5.32 Å². The third kappa shape index (κ3) is 7.47. The molecule has 90 valence electrons. The van der Waals surface area contributed by atoms with Crippen LogP contribution in [0.4, 0.5) is 0 Å². The average molecular weight is 211 g/mol. The van der Waals surface area contributed by atoms with Crippen molar-refractivity contribution in [3.63, 3.8) is 0 Å². The molecule has 0 heterocycles. The smallest absolute Gasteiger partial charge is 0.0280 e. The SMILES string of the molecule is C=C(CC(C)(C)C)NC(CCC)C(C)C. The first-order chi connectivity index (χ1) is 6.76. The lowest BCUT2D eigenvalue weighted by Crippen LogP contribution is -2.33. The fourth-order valence-corrected chi connectivity index (χ4v) is 1.84. The molecule has 0 aromatic rings. The molecule has 0 rings (SSSR count). The summed E-state index contributed by atoms with van der Waals surface area (Å²) < 4.78 is 0. The van der Waals surface area contributed by atoms with Crippen LogP contribution in [-0.4, -0.2) is 6.04 Å². The van der Waals surface area contributed by atoms with E-state index in [4.69, 9.17) is 0 Å². The van der Waals surface area contributed by atoms with E-state index in [2.05, 4.69) is 53.4 Å². The van der Waals surface area contributed by atoms with Gasteiger partial charge in [0.25, 0.3) is 0 Å². The van der Waals surface area contributed by atoms with Gasteiger partial charge in [-0.3, -0.25) is 0 Å². The number of hydrogen-bond donors (Lipinski definition) is 1. The van der Waals surface area contributed by atoms with E-state index in [1.165, 1.54) is 18.5 Å². The second-order valence-electron chi connectivity index (χ2n) is 6.12. The predicted octanol–water partition coefficient (Wildman–Crippen LogP) is 4.35. The molecular weight excluding hydrogens is 182 g/mol. The van der Waals surface area contributed by atoms with Crippen LogP contribution in [0.2, 0.25) is 0 Å². The summed E-state index contributed by atoms with van der Waals surface area (Å²) >= 11 is 0. The van der Waals surface area contributed by atoms with Gasteiger partial charge in [0.1, 0.15) is 0 Å². The van der Waals surface area contributed by atoms with Crippen LogP contribution in [-0.2, 0) is 0 Å². The van der Waals surface area contributed by atoms with Gasteiger partial charge in [-0.2, -0.15) is 0 Å². The molecule has 0 aromatic carbocycles. The van der Waals surface area contributed by atoms with Crippen molar-refractivity contribution in [2.24, 2.45) is 11.3 Å². The summed E-state index contributed by atoms with van der Waals surface area (Å²) in [5.74, 6) is 0.682. The molecule has 15 heavy (non-hydrogen) atoms. The van der Waals surface area contributed by atoms with Gasteiger partial charge in [0.05, 0.1) is 0 Å². The van der Waals surface area contributed by atoms with Gasteiger partial charge in [0, 0.05) is 11.7 Å². The Morgan fingerprint density at radius 1 is 1.27 bits per heavy atom. The summed E-state index contributed by atoms with van der Waals surface area (Å²) in [4.78, 5) is 0. The molecule has 0 amide bonds. The predicted molar refractivity (Wildman–Crippen MR) is 69.9 cm³/mol. The number of rotatable bonds is 6. The van der Waals surface area contributed by atoms with Gasteiger partial charge in [-0.05, 0) is 24.2 Å². The average Bonchev–Trinajstić information content (AvgIpc) is 1.99. The van der Waals surface area contributed by atoms with E-state index in [0.717, 1.165) is 6.42 Å². The maximum atomic E-state index is 4.13. The van der Waals surface area contributed by atoms with Crippen LogP contribution in [0.5, 0.6) is 0 Å². The molecule has 0 aromatic heterocycles. The van der Waals surface area contributed by atoms with E-state index >= 15 is 0 Å². The first-order valence-electron chi connectivity index (χ1n) is 6.20. The van der Waals surface area contributed by atoms with Crippen LogP contribution in [0.25, 0.3) is 0 Å². The molecule has 0 fully saturated rings. The van der Waals surface area contributed by atoms with Gasteiger partial charge in [-0.25, -0.2) is 0 Å². The van der Waals surface area contributed by atoms with Gasteiger partial charge < -0.3 is 5.32 Å². The monoisotopic (exact) mass is 211 g/mol. The normalized spacial score (nSPS) is 14.1. The highest BCUT2D eigenvalue weighted by Crippen LogP contribution is 2.23. The molecule has 1 heteroatoms. The Morgan fingerprint density at radius 2 is 1.80 bits per heavy atom. The Balaban J connectivity index is 4.11. The third-order valence-electron chi connectivity index (χ3n) is 2.54. The molecular formula is C14H29N. The van der Waals surface area contributed by atoms with Gasteiger partial charge in [-0.15, -0.1) is 0 Å². The van der Waals surface area contributed by atoms with Crippen molar-refractivity contribution < 1.29 is 0 Å². The molecule has 0 saturated heterocycles. The molecule has 0 aliphatic rings. The van der Waals surface area contributed by atoms with E-state index in [-0.39, 0.29) is 0 Å². The lowest BCUT2D eigenvalue weighted by molar-refractivity contribution is 0.357. The molecule has 1 unspecified atom stereocenters. The fraction of sp³-hybridized carbons (Fsp3) is 0.857. The van der Waals surface area contributed by atoms with Gasteiger partial charge >= 0.3 is 0 Å². The van der Waals surface area contributed by atoms with Crippen molar-refractivity contribution >= 4 is 0 Å². The number of nitrogens with one attached hydrogen (secondary N) is 1. The largest absolute Gasteiger partial charge is 0.386 e. The van der Waals surface area contributed by atoms with Crippen molar-refractivity contribution in [2.75, 3.05) is 0 Å². The number of allylic oxidation sites excluding steroid dienone is 1. The van der Waals surface area contributed by atoms with Crippen molar-refractivity contribution in [3.05, 3.63) is 12.3 Å². The minimum atomic E-state index is 0.331. The molecule has 0 spiro atoms. The summed E-state index contributed by atoms with van der Waals surface area (Å²) in [6, 6.07) is 0.588. The van der Waals surface area contributed by atoms with E-state index in [1.54, 1.807) is 0 Å². The van der Waals surface area contributed by atoms with Gasteiger partial charge in [0.15, 0.2) is 0 Å². The molecule has 0 aliphatic heterocycles.